The van der Waals surface area contributed by atoms with Gasteiger partial charge in [0.2, 0.25) is 0 Å². The molecule has 3 heterocycles. The van der Waals surface area contributed by atoms with Gasteiger partial charge in [0.15, 0.2) is 0 Å². The van der Waals surface area contributed by atoms with Gasteiger partial charge in [-0.25, -0.2) is 4.98 Å². The van der Waals surface area contributed by atoms with Crippen molar-refractivity contribution >= 4 is 28.1 Å². The molecule has 2 aromatic heterocycles. The maximum absolute atomic E-state index is 13.0. The molecular weight excluding hydrogens is 368 g/mol. The van der Waals surface area contributed by atoms with Gasteiger partial charge < -0.3 is 10.2 Å². The molecule has 0 radical (unpaired) electrons. The van der Waals surface area contributed by atoms with Crippen LogP contribution in [0.5, 0.6) is 0 Å². The Morgan fingerprint density at radius 3 is 2.75 bits per heavy atom. The Morgan fingerprint density at radius 2 is 2.00 bits per heavy atom. The van der Waals surface area contributed by atoms with Crippen molar-refractivity contribution in [3.05, 3.63) is 52.9 Å². The van der Waals surface area contributed by atoms with Gasteiger partial charge in [0.05, 0.1) is 21.7 Å². The Balaban J connectivity index is 1.54. The third-order valence-electron chi connectivity index (χ3n) is 5.29. The summed E-state index contributed by atoms with van der Waals surface area (Å²) in [5.41, 5.74) is 3.55. The molecule has 3 aromatic rings. The van der Waals surface area contributed by atoms with Crippen molar-refractivity contribution in [1.82, 2.24) is 20.1 Å². The van der Waals surface area contributed by atoms with E-state index in [-0.39, 0.29) is 5.91 Å². The maximum Gasteiger partial charge on any atom is 0.252 e. The highest BCUT2D eigenvalue weighted by molar-refractivity contribution is 7.13. The van der Waals surface area contributed by atoms with Gasteiger partial charge in [-0.2, -0.15) is 0 Å². The lowest BCUT2D eigenvalue weighted by molar-refractivity contribution is 0.0942. The fraction of sp³-hybridized carbons (Fsp3) is 0.364. The van der Waals surface area contributed by atoms with Crippen LogP contribution < -0.4 is 5.32 Å². The number of likely N-dealkylation sites (N-methyl/N-ethyl adjacent to an activating group) is 1. The van der Waals surface area contributed by atoms with Crippen LogP contribution >= 0.6 is 11.3 Å². The summed E-state index contributed by atoms with van der Waals surface area (Å²) < 4.78 is 0. The van der Waals surface area contributed by atoms with Crippen LogP contribution in [0, 0.1) is 6.92 Å². The Kier molecular flexibility index (Phi) is 5.71. The molecule has 146 valence electrons. The first kappa shape index (κ1) is 19.1. The molecule has 1 fully saturated rings. The van der Waals surface area contributed by atoms with Crippen molar-refractivity contribution in [2.24, 2.45) is 0 Å². The Bertz CT molecular complexity index is 962. The van der Waals surface area contributed by atoms with Gasteiger partial charge in [-0.05, 0) is 43.6 Å². The molecule has 0 aliphatic carbocycles. The zero-order chi connectivity index (χ0) is 19.5. The zero-order valence-corrected chi connectivity index (χ0v) is 17.3. The number of thiophene rings is 1. The summed E-state index contributed by atoms with van der Waals surface area (Å²) in [5, 5.41) is 6.07. The number of hydrogen-bond donors (Lipinski definition) is 1. The lowest BCUT2D eigenvalue weighted by Gasteiger charge is -2.32. The number of amides is 1. The molecule has 5 nitrogen and oxygen atoms in total. The van der Waals surface area contributed by atoms with E-state index in [2.05, 4.69) is 28.2 Å². The minimum Gasteiger partial charge on any atom is -0.351 e. The average Bonchev–Trinajstić information content (AvgIpc) is 3.23. The highest BCUT2D eigenvalue weighted by Crippen LogP contribution is 2.28. The van der Waals surface area contributed by atoms with Crippen LogP contribution in [0.4, 0.5) is 0 Å². The molecule has 1 N–H and O–H groups in total. The second-order valence-corrected chi connectivity index (χ2v) is 8.40. The number of fused-ring (bicyclic) bond motifs is 1. The minimum absolute atomic E-state index is 0.0232. The number of rotatable bonds is 5. The van der Waals surface area contributed by atoms with Gasteiger partial charge in [0.25, 0.3) is 5.91 Å². The van der Waals surface area contributed by atoms with E-state index in [9.17, 15) is 4.79 Å². The molecule has 1 saturated heterocycles. The molecule has 0 bridgehead atoms. The molecule has 28 heavy (non-hydrogen) atoms. The van der Waals surface area contributed by atoms with Gasteiger partial charge in [-0.15, -0.1) is 11.3 Å². The number of aryl methyl sites for hydroxylation is 1. The van der Waals surface area contributed by atoms with Crippen LogP contribution in [-0.4, -0.2) is 67.0 Å². The molecule has 1 amide bonds. The number of nitrogens with one attached hydrogen (secondary N) is 1. The third-order valence-corrected chi connectivity index (χ3v) is 6.18. The van der Waals surface area contributed by atoms with Crippen molar-refractivity contribution in [1.29, 1.82) is 0 Å². The molecule has 0 unspecified atom stereocenters. The van der Waals surface area contributed by atoms with Crippen LogP contribution in [0.3, 0.4) is 0 Å². The van der Waals surface area contributed by atoms with Crippen LogP contribution in [0.15, 0.2) is 41.8 Å². The van der Waals surface area contributed by atoms with Crippen LogP contribution in [-0.2, 0) is 0 Å². The average molecular weight is 395 g/mol. The topological polar surface area (TPSA) is 48.5 Å². The number of benzene rings is 1. The largest absolute Gasteiger partial charge is 0.351 e. The van der Waals surface area contributed by atoms with Crippen molar-refractivity contribution in [3.8, 4) is 10.6 Å². The fourth-order valence-electron chi connectivity index (χ4n) is 3.57. The quantitative estimate of drug-likeness (QED) is 0.722. The third kappa shape index (κ3) is 4.24. The number of hydrogen-bond acceptors (Lipinski definition) is 5. The molecule has 4 rings (SSSR count). The van der Waals surface area contributed by atoms with Crippen molar-refractivity contribution in [2.75, 3.05) is 46.3 Å². The van der Waals surface area contributed by atoms with Crippen LogP contribution in [0.2, 0.25) is 0 Å². The molecule has 0 spiro atoms. The second-order valence-electron chi connectivity index (χ2n) is 7.45. The summed E-state index contributed by atoms with van der Waals surface area (Å²) in [6.07, 6.45) is 0. The first-order chi connectivity index (χ1) is 13.6. The molecule has 1 aliphatic rings. The number of aromatic nitrogens is 1. The Labute approximate surface area is 170 Å². The van der Waals surface area contributed by atoms with E-state index in [4.69, 9.17) is 4.98 Å². The van der Waals surface area contributed by atoms with Gasteiger partial charge in [0, 0.05) is 44.7 Å². The predicted molar refractivity (Wildman–Crippen MR) is 116 cm³/mol. The van der Waals surface area contributed by atoms with Crippen molar-refractivity contribution < 1.29 is 4.79 Å². The highest BCUT2D eigenvalue weighted by Gasteiger charge is 2.16. The summed E-state index contributed by atoms with van der Waals surface area (Å²) >= 11 is 1.64. The minimum atomic E-state index is -0.0232. The van der Waals surface area contributed by atoms with Crippen LogP contribution in [0.1, 0.15) is 15.9 Å². The van der Waals surface area contributed by atoms with Gasteiger partial charge >= 0.3 is 0 Å². The first-order valence-corrected chi connectivity index (χ1v) is 10.6. The van der Waals surface area contributed by atoms with Crippen molar-refractivity contribution in [2.45, 2.75) is 6.92 Å². The summed E-state index contributed by atoms with van der Waals surface area (Å²) in [5.74, 6) is -0.0232. The van der Waals surface area contributed by atoms with E-state index in [0.717, 1.165) is 59.8 Å². The molecule has 0 atom stereocenters. The molecule has 1 aromatic carbocycles. The fourth-order valence-corrected chi connectivity index (χ4v) is 4.26. The van der Waals surface area contributed by atoms with Crippen molar-refractivity contribution in [3.63, 3.8) is 0 Å². The predicted octanol–water partition coefficient (Wildman–Crippen LogP) is 3.25. The number of carbonyl (C=O) groups is 1. The van der Waals surface area contributed by atoms with E-state index in [0.29, 0.717) is 12.1 Å². The normalized spacial score (nSPS) is 15.8. The van der Waals surface area contributed by atoms with E-state index in [1.807, 2.05) is 42.6 Å². The molecule has 6 heteroatoms. The standard InChI is InChI=1S/C22H26N4OS/c1-16-5-6-19-17(14-16)18(15-20(24-19)21-4-3-13-28-21)22(27)23-7-8-26-11-9-25(2)10-12-26/h3-6,13-15H,7-12H2,1-2H3,(H,23,27). The van der Waals surface area contributed by atoms with Gasteiger partial charge in [-0.1, -0.05) is 17.7 Å². The lowest BCUT2D eigenvalue weighted by atomic mass is 10.0. The molecular formula is C22H26N4OS. The van der Waals surface area contributed by atoms with Gasteiger partial charge in [0.1, 0.15) is 0 Å². The van der Waals surface area contributed by atoms with E-state index in [1.165, 1.54) is 0 Å². The van der Waals surface area contributed by atoms with E-state index in [1.54, 1.807) is 11.3 Å². The summed E-state index contributed by atoms with van der Waals surface area (Å²) in [6, 6.07) is 12.1. The summed E-state index contributed by atoms with van der Waals surface area (Å²) in [6.45, 7) is 7.89. The number of pyridine rings is 1. The van der Waals surface area contributed by atoms with E-state index < -0.39 is 0 Å². The van der Waals surface area contributed by atoms with E-state index >= 15 is 0 Å². The monoisotopic (exact) mass is 394 g/mol. The first-order valence-electron chi connectivity index (χ1n) is 9.74. The summed E-state index contributed by atoms with van der Waals surface area (Å²) in [7, 11) is 2.15. The smallest absolute Gasteiger partial charge is 0.252 e. The number of nitrogens with zero attached hydrogens (tertiary/aromatic N) is 3. The molecule has 0 saturated carbocycles. The molecule has 1 aliphatic heterocycles. The maximum atomic E-state index is 13.0. The van der Waals surface area contributed by atoms with Gasteiger partial charge in [-0.3, -0.25) is 9.69 Å². The zero-order valence-electron chi connectivity index (χ0n) is 16.4. The Hall–Kier alpha value is -2.28. The Morgan fingerprint density at radius 1 is 1.18 bits per heavy atom. The second kappa shape index (κ2) is 8.39. The number of carbonyl (C=O) groups excluding carboxylic acids is 1. The SMILES string of the molecule is Cc1ccc2nc(-c3cccs3)cc(C(=O)NCCN3CCN(C)CC3)c2c1. The summed E-state index contributed by atoms with van der Waals surface area (Å²) in [4.78, 5) is 23.6. The highest BCUT2D eigenvalue weighted by atomic mass is 32.1. The number of piperazine rings is 1. The lowest BCUT2D eigenvalue weighted by Crippen LogP contribution is -2.46. The van der Waals surface area contributed by atoms with Crippen LogP contribution in [0.25, 0.3) is 21.5 Å².